The summed E-state index contributed by atoms with van der Waals surface area (Å²) < 4.78 is 1.89. The maximum atomic E-state index is 12.4. The van der Waals surface area contributed by atoms with E-state index in [-0.39, 0.29) is 12.1 Å². The summed E-state index contributed by atoms with van der Waals surface area (Å²) in [5, 5.41) is 7.26. The first-order valence-electron chi connectivity index (χ1n) is 8.40. The molecule has 1 N–H and O–H groups in total. The minimum absolute atomic E-state index is 0.0253. The zero-order chi connectivity index (χ0) is 16.8. The van der Waals surface area contributed by atoms with Gasteiger partial charge in [0.1, 0.15) is 0 Å². The quantitative estimate of drug-likeness (QED) is 0.905. The maximum Gasteiger partial charge on any atom is 0.317 e. The Labute approximate surface area is 142 Å². The number of hydrogen-bond acceptors (Lipinski definition) is 4. The molecule has 3 heterocycles. The Kier molecular flexibility index (Phi) is 5.30. The lowest BCUT2D eigenvalue weighted by Gasteiger charge is -2.36. The number of carbonyl (C=O) groups is 1. The van der Waals surface area contributed by atoms with Crippen molar-refractivity contribution >= 4 is 11.7 Å². The van der Waals surface area contributed by atoms with Crippen LogP contribution in [-0.4, -0.2) is 57.9 Å². The summed E-state index contributed by atoms with van der Waals surface area (Å²) in [6.45, 7) is 6.01. The van der Waals surface area contributed by atoms with E-state index >= 15 is 0 Å². The van der Waals surface area contributed by atoms with Gasteiger partial charge in [-0.15, -0.1) is 0 Å². The molecule has 2 amide bonds. The van der Waals surface area contributed by atoms with Gasteiger partial charge in [0.2, 0.25) is 0 Å². The Bertz CT molecular complexity index is 622. The van der Waals surface area contributed by atoms with Crippen LogP contribution in [0.15, 0.2) is 43.0 Å². The molecule has 0 radical (unpaired) electrons. The molecule has 1 atom stereocenters. The normalized spacial score (nSPS) is 16.0. The average Bonchev–Trinajstić information content (AvgIpc) is 3.14. The predicted octanol–water partition coefficient (Wildman–Crippen LogP) is 1.59. The molecule has 0 aliphatic carbocycles. The van der Waals surface area contributed by atoms with Gasteiger partial charge in [-0.3, -0.25) is 9.67 Å². The third kappa shape index (κ3) is 4.24. The molecule has 24 heavy (non-hydrogen) atoms. The van der Waals surface area contributed by atoms with Gasteiger partial charge in [-0.25, -0.2) is 4.79 Å². The third-order valence-corrected chi connectivity index (χ3v) is 4.32. The molecular weight excluding hydrogens is 304 g/mol. The summed E-state index contributed by atoms with van der Waals surface area (Å²) in [5.74, 6) is 0. The van der Waals surface area contributed by atoms with E-state index in [0.717, 1.165) is 44.8 Å². The minimum Gasteiger partial charge on any atom is -0.368 e. The Morgan fingerprint density at radius 3 is 2.62 bits per heavy atom. The van der Waals surface area contributed by atoms with Crippen molar-refractivity contribution in [3.63, 3.8) is 0 Å². The van der Waals surface area contributed by atoms with E-state index in [1.807, 2.05) is 40.9 Å². The number of pyridine rings is 1. The van der Waals surface area contributed by atoms with Gasteiger partial charge in [-0.1, -0.05) is 0 Å². The second-order valence-corrected chi connectivity index (χ2v) is 6.09. The van der Waals surface area contributed by atoms with Crippen LogP contribution in [0.2, 0.25) is 0 Å². The molecule has 3 rings (SSSR count). The molecule has 7 nitrogen and oxygen atoms in total. The highest BCUT2D eigenvalue weighted by atomic mass is 16.2. The van der Waals surface area contributed by atoms with Gasteiger partial charge < -0.3 is 15.1 Å². The van der Waals surface area contributed by atoms with Gasteiger partial charge >= 0.3 is 6.03 Å². The third-order valence-electron chi connectivity index (χ3n) is 4.32. The highest BCUT2D eigenvalue weighted by molar-refractivity contribution is 5.74. The second kappa shape index (κ2) is 7.81. The molecule has 1 aliphatic rings. The molecule has 2 aromatic heterocycles. The number of piperazine rings is 1. The number of rotatable bonds is 5. The average molecular weight is 328 g/mol. The van der Waals surface area contributed by atoms with Gasteiger partial charge in [0, 0.05) is 69.2 Å². The molecule has 0 aromatic carbocycles. The summed E-state index contributed by atoms with van der Waals surface area (Å²) in [4.78, 5) is 20.6. The summed E-state index contributed by atoms with van der Waals surface area (Å²) in [6, 6.07) is 6.07. The molecule has 2 aromatic rings. The van der Waals surface area contributed by atoms with E-state index in [2.05, 4.69) is 20.3 Å². The fraction of sp³-hybridized carbons (Fsp3) is 0.471. The lowest BCUT2D eigenvalue weighted by molar-refractivity contribution is 0.190. The molecular formula is C17H24N6O. The lowest BCUT2D eigenvalue weighted by Crippen LogP contribution is -2.53. The summed E-state index contributed by atoms with van der Waals surface area (Å²) in [6.07, 6.45) is 8.17. The molecule has 7 heteroatoms. The fourth-order valence-electron chi connectivity index (χ4n) is 2.86. The topological polar surface area (TPSA) is 66.3 Å². The monoisotopic (exact) mass is 328 g/mol. The van der Waals surface area contributed by atoms with E-state index in [0.29, 0.717) is 0 Å². The lowest BCUT2D eigenvalue weighted by atomic mass is 10.2. The van der Waals surface area contributed by atoms with Crippen molar-refractivity contribution in [1.29, 1.82) is 0 Å². The largest absolute Gasteiger partial charge is 0.368 e. The van der Waals surface area contributed by atoms with E-state index in [1.165, 1.54) is 0 Å². The van der Waals surface area contributed by atoms with Crippen LogP contribution in [0.1, 0.15) is 13.3 Å². The van der Waals surface area contributed by atoms with Crippen LogP contribution >= 0.6 is 0 Å². The van der Waals surface area contributed by atoms with Gasteiger partial charge in [0.25, 0.3) is 0 Å². The predicted molar refractivity (Wildman–Crippen MR) is 92.9 cm³/mol. The van der Waals surface area contributed by atoms with Crippen molar-refractivity contribution in [1.82, 2.24) is 25.0 Å². The van der Waals surface area contributed by atoms with Gasteiger partial charge in [0.05, 0.1) is 0 Å². The summed E-state index contributed by atoms with van der Waals surface area (Å²) in [7, 11) is 0. The van der Waals surface area contributed by atoms with E-state index < -0.39 is 0 Å². The molecule has 1 fully saturated rings. The fourth-order valence-corrected chi connectivity index (χ4v) is 2.86. The minimum atomic E-state index is 0.0253. The van der Waals surface area contributed by atoms with Crippen molar-refractivity contribution < 1.29 is 4.79 Å². The number of aromatic nitrogens is 3. The Balaban J connectivity index is 1.41. The molecule has 0 bridgehead atoms. The second-order valence-electron chi connectivity index (χ2n) is 6.09. The smallest absolute Gasteiger partial charge is 0.317 e. The molecule has 0 unspecified atom stereocenters. The number of carbonyl (C=O) groups excluding carboxylic acids is 1. The van der Waals surface area contributed by atoms with Crippen LogP contribution in [0.4, 0.5) is 10.5 Å². The maximum absolute atomic E-state index is 12.4. The number of nitrogens with zero attached hydrogens (tertiary/aromatic N) is 5. The van der Waals surface area contributed by atoms with Gasteiger partial charge in [-0.05, 0) is 31.5 Å². The van der Waals surface area contributed by atoms with E-state index in [4.69, 9.17) is 0 Å². The van der Waals surface area contributed by atoms with E-state index in [1.54, 1.807) is 18.6 Å². The van der Waals surface area contributed by atoms with E-state index in [9.17, 15) is 4.79 Å². The van der Waals surface area contributed by atoms with Crippen LogP contribution < -0.4 is 10.2 Å². The number of hydrogen-bond donors (Lipinski definition) is 1. The Morgan fingerprint density at radius 1 is 1.21 bits per heavy atom. The van der Waals surface area contributed by atoms with Crippen LogP contribution in [0.3, 0.4) is 0 Å². The van der Waals surface area contributed by atoms with Crippen molar-refractivity contribution in [2.24, 2.45) is 0 Å². The highest BCUT2D eigenvalue weighted by Gasteiger charge is 2.22. The molecule has 1 saturated heterocycles. The van der Waals surface area contributed by atoms with Crippen LogP contribution in [0, 0.1) is 0 Å². The standard InChI is InChI=1S/C17H24N6O/c1-15(5-10-23-9-2-6-19-23)20-17(24)22-13-11-21(12-14-22)16-3-7-18-8-4-16/h2-4,6-9,15H,5,10-14H2,1H3,(H,20,24)/t15-/m1/s1. The number of nitrogens with one attached hydrogen (secondary N) is 1. The molecule has 0 spiro atoms. The SMILES string of the molecule is C[C@H](CCn1cccn1)NC(=O)N1CCN(c2ccncc2)CC1. The van der Waals surface area contributed by atoms with Crippen molar-refractivity contribution in [2.75, 3.05) is 31.1 Å². The summed E-state index contributed by atoms with van der Waals surface area (Å²) >= 11 is 0. The molecule has 0 saturated carbocycles. The Hall–Kier alpha value is -2.57. The molecule has 128 valence electrons. The number of anilines is 1. The van der Waals surface area contributed by atoms with Crippen LogP contribution in [-0.2, 0) is 6.54 Å². The Morgan fingerprint density at radius 2 is 1.96 bits per heavy atom. The van der Waals surface area contributed by atoms with Gasteiger partial charge in [0.15, 0.2) is 0 Å². The molecule has 1 aliphatic heterocycles. The number of aryl methyl sites for hydroxylation is 1. The number of amides is 2. The first kappa shape index (κ1) is 16.3. The van der Waals surface area contributed by atoms with Gasteiger partial charge in [-0.2, -0.15) is 5.10 Å². The van der Waals surface area contributed by atoms with Crippen LogP contribution in [0.5, 0.6) is 0 Å². The van der Waals surface area contributed by atoms with Crippen molar-refractivity contribution in [3.05, 3.63) is 43.0 Å². The highest BCUT2D eigenvalue weighted by Crippen LogP contribution is 2.14. The van der Waals surface area contributed by atoms with Crippen molar-refractivity contribution in [3.8, 4) is 0 Å². The first-order valence-corrected chi connectivity index (χ1v) is 8.40. The first-order chi connectivity index (χ1) is 11.7. The summed E-state index contributed by atoms with van der Waals surface area (Å²) in [5.41, 5.74) is 1.16. The zero-order valence-corrected chi connectivity index (χ0v) is 14.0. The zero-order valence-electron chi connectivity index (χ0n) is 14.0. The number of urea groups is 1. The van der Waals surface area contributed by atoms with Crippen LogP contribution in [0.25, 0.3) is 0 Å². The van der Waals surface area contributed by atoms with Crippen molar-refractivity contribution in [2.45, 2.75) is 25.9 Å².